The zero-order valence-corrected chi connectivity index (χ0v) is 9.79. The minimum absolute atomic E-state index is 0.293. The van der Waals surface area contributed by atoms with Gasteiger partial charge >= 0.3 is 0 Å². The molecule has 0 spiro atoms. The third-order valence-corrected chi connectivity index (χ3v) is 2.54. The van der Waals surface area contributed by atoms with Crippen LogP contribution in [0.2, 0.25) is 0 Å². The Morgan fingerprint density at radius 1 is 1.53 bits per heavy atom. The fourth-order valence-electron chi connectivity index (χ4n) is 1.66. The van der Waals surface area contributed by atoms with Crippen molar-refractivity contribution in [1.82, 2.24) is 10.3 Å². The van der Waals surface area contributed by atoms with E-state index < -0.39 is 0 Å². The first-order valence-electron chi connectivity index (χ1n) is 5.49. The first-order chi connectivity index (χ1) is 7.33. The zero-order valence-electron chi connectivity index (χ0n) is 9.79. The molecule has 0 bridgehead atoms. The van der Waals surface area contributed by atoms with Gasteiger partial charge in [0.2, 0.25) is 0 Å². The fraction of sp³-hybridized carbons (Fsp3) is 0.583. The maximum Gasteiger partial charge on any atom is 0.141 e. The summed E-state index contributed by atoms with van der Waals surface area (Å²) >= 11 is 0. The van der Waals surface area contributed by atoms with E-state index in [-0.39, 0.29) is 0 Å². The third-order valence-electron chi connectivity index (χ3n) is 2.54. The van der Waals surface area contributed by atoms with Gasteiger partial charge in [-0.2, -0.15) is 0 Å². The van der Waals surface area contributed by atoms with E-state index in [1.165, 1.54) is 12.8 Å². The van der Waals surface area contributed by atoms with Gasteiger partial charge in [-0.25, -0.2) is 0 Å². The first kappa shape index (κ1) is 12.0. The Labute approximate surface area is 91.9 Å². The molecule has 1 aromatic rings. The molecule has 1 heterocycles. The van der Waals surface area contributed by atoms with Gasteiger partial charge in [-0.05, 0) is 25.6 Å². The number of hydrogen-bond donors (Lipinski definition) is 1. The summed E-state index contributed by atoms with van der Waals surface area (Å²) in [6, 6.07) is 4.15. The lowest BCUT2D eigenvalue weighted by atomic mass is 10.1. The molecule has 84 valence electrons. The fourth-order valence-corrected chi connectivity index (χ4v) is 1.66. The Morgan fingerprint density at radius 3 is 2.93 bits per heavy atom. The largest absolute Gasteiger partial charge is 0.495 e. The molecule has 1 N–H and O–H groups in total. The number of aromatic nitrogens is 1. The molecule has 0 amide bonds. The van der Waals surface area contributed by atoms with Crippen LogP contribution in [0.15, 0.2) is 18.3 Å². The van der Waals surface area contributed by atoms with Gasteiger partial charge in [0.25, 0.3) is 0 Å². The lowest BCUT2D eigenvalue weighted by molar-refractivity contribution is 0.392. The van der Waals surface area contributed by atoms with Crippen molar-refractivity contribution in [3.63, 3.8) is 0 Å². The van der Waals surface area contributed by atoms with E-state index >= 15 is 0 Å². The van der Waals surface area contributed by atoms with E-state index in [0.717, 1.165) is 17.9 Å². The van der Waals surface area contributed by atoms with Gasteiger partial charge in [-0.1, -0.05) is 19.8 Å². The molecule has 0 aromatic carbocycles. The molecule has 0 fully saturated rings. The molecule has 0 aliphatic heterocycles. The molecule has 0 radical (unpaired) electrons. The highest BCUT2D eigenvalue weighted by Crippen LogP contribution is 2.25. The van der Waals surface area contributed by atoms with Crippen molar-refractivity contribution in [1.29, 1.82) is 0 Å². The van der Waals surface area contributed by atoms with E-state index in [2.05, 4.69) is 17.2 Å². The Balaban J connectivity index is 2.80. The second-order valence-corrected chi connectivity index (χ2v) is 3.57. The van der Waals surface area contributed by atoms with E-state index in [1.54, 1.807) is 7.11 Å². The molecule has 0 saturated heterocycles. The monoisotopic (exact) mass is 208 g/mol. The number of ether oxygens (including phenoxy) is 1. The Bertz CT molecular complexity index is 289. The predicted molar refractivity (Wildman–Crippen MR) is 62.1 cm³/mol. The summed E-state index contributed by atoms with van der Waals surface area (Å²) in [5, 5.41) is 3.29. The number of nitrogens with zero attached hydrogens (tertiary/aromatic N) is 1. The molecule has 0 aliphatic carbocycles. The van der Waals surface area contributed by atoms with Crippen LogP contribution in [0.1, 0.15) is 37.9 Å². The third kappa shape index (κ3) is 3.20. The van der Waals surface area contributed by atoms with E-state index in [9.17, 15) is 0 Å². The lowest BCUT2D eigenvalue weighted by Crippen LogP contribution is -2.18. The number of pyridine rings is 1. The minimum Gasteiger partial charge on any atom is -0.495 e. The van der Waals surface area contributed by atoms with Crippen molar-refractivity contribution >= 4 is 0 Å². The summed E-state index contributed by atoms with van der Waals surface area (Å²) < 4.78 is 5.31. The quantitative estimate of drug-likeness (QED) is 0.780. The van der Waals surface area contributed by atoms with Gasteiger partial charge < -0.3 is 10.1 Å². The molecule has 1 unspecified atom stereocenters. The standard InChI is InChI=1S/C12H20N2O/c1-4-5-7-10(13-2)12-11(15-3)8-6-9-14-12/h6,8-10,13H,4-5,7H2,1-3H3. The minimum atomic E-state index is 0.293. The molecular weight excluding hydrogens is 188 g/mol. The van der Waals surface area contributed by atoms with Crippen LogP contribution in [0, 0.1) is 0 Å². The summed E-state index contributed by atoms with van der Waals surface area (Å²) in [7, 11) is 3.65. The lowest BCUT2D eigenvalue weighted by Gasteiger charge is -2.17. The van der Waals surface area contributed by atoms with Crippen LogP contribution >= 0.6 is 0 Å². The summed E-state index contributed by atoms with van der Waals surface area (Å²) in [4.78, 5) is 4.39. The van der Waals surface area contributed by atoms with Crippen LogP contribution in [0.3, 0.4) is 0 Å². The molecular formula is C12H20N2O. The van der Waals surface area contributed by atoms with Crippen molar-refractivity contribution in [3.8, 4) is 5.75 Å². The number of unbranched alkanes of at least 4 members (excludes halogenated alkanes) is 1. The van der Waals surface area contributed by atoms with Crippen molar-refractivity contribution in [2.24, 2.45) is 0 Å². The van der Waals surface area contributed by atoms with Crippen LogP contribution in [0.25, 0.3) is 0 Å². The summed E-state index contributed by atoms with van der Waals surface area (Å²) in [5.41, 5.74) is 1.01. The molecule has 1 rings (SSSR count). The van der Waals surface area contributed by atoms with E-state index in [1.807, 2.05) is 25.4 Å². The SMILES string of the molecule is CCCCC(NC)c1ncccc1OC. The number of methoxy groups -OCH3 is 1. The second kappa shape index (κ2) is 6.40. The normalized spacial score (nSPS) is 12.5. The summed E-state index contributed by atoms with van der Waals surface area (Å²) in [6.45, 7) is 2.20. The average molecular weight is 208 g/mol. The van der Waals surface area contributed by atoms with Gasteiger partial charge in [0.1, 0.15) is 5.75 Å². The van der Waals surface area contributed by atoms with Crippen LogP contribution < -0.4 is 10.1 Å². The van der Waals surface area contributed by atoms with Gasteiger partial charge in [0.05, 0.1) is 18.8 Å². The van der Waals surface area contributed by atoms with Gasteiger partial charge in [0, 0.05) is 6.20 Å². The van der Waals surface area contributed by atoms with Gasteiger partial charge in [-0.3, -0.25) is 4.98 Å². The second-order valence-electron chi connectivity index (χ2n) is 3.57. The first-order valence-corrected chi connectivity index (χ1v) is 5.49. The van der Waals surface area contributed by atoms with Crippen molar-refractivity contribution < 1.29 is 4.74 Å². The molecule has 3 heteroatoms. The molecule has 0 aliphatic rings. The molecule has 15 heavy (non-hydrogen) atoms. The zero-order chi connectivity index (χ0) is 11.1. The highest BCUT2D eigenvalue weighted by molar-refractivity contribution is 5.29. The Kier molecular flexibility index (Phi) is 5.12. The van der Waals surface area contributed by atoms with Crippen molar-refractivity contribution in [2.75, 3.05) is 14.2 Å². The Morgan fingerprint density at radius 2 is 2.33 bits per heavy atom. The Hall–Kier alpha value is -1.09. The van der Waals surface area contributed by atoms with E-state index in [4.69, 9.17) is 4.74 Å². The number of hydrogen-bond acceptors (Lipinski definition) is 3. The highest BCUT2D eigenvalue weighted by Gasteiger charge is 2.14. The molecule has 0 saturated carbocycles. The molecule has 1 atom stereocenters. The number of rotatable bonds is 6. The van der Waals surface area contributed by atoms with Crippen LogP contribution in [-0.2, 0) is 0 Å². The smallest absolute Gasteiger partial charge is 0.141 e. The van der Waals surface area contributed by atoms with Gasteiger partial charge in [-0.15, -0.1) is 0 Å². The molecule has 1 aromatic heterocycles. The van der Waals surface area contributed by atoms with Gasteiger partial charge in [0.15, 0.2) is 0 Å². The van der Waals surface area contributed by atoms with Crippen molar-refractivity contribution in [3.05, 3.63) is 24.0 Å². The summed E-state index contributed by atoms with van der Waals surface area (Å²) in [5.74, 6) is 0.868. The van der Waals surface area contributed by atoms with E-state index in [0.29, 0.717) is 6.04 Å². The maximum atomic E-state index is 5.31. The predicted octanol–water partition coefficient (Wildman–Crippen LogP) is 2.54. The number of nitrogens with one attached hydrogen (secondary N) is 1. The van der Waals surface area contributed by atoms with Crippen LogP contribution in [0.5, 0.6) is 5.75 Å². The van der Waals surface area contributed by atoms with Crippen LogP contribution in [0.4, 0.5) is 0 Å². The van der Waals surface area contributed by atoms with Crippen molar-refractivity contribution in [2.45, 2.75) is 32.2 Å². The topological polar surface area (TPSA) is 34.2 Å². The maximum absolute atomic E-state index is 5.31. The summed E-state index contributed by atoms with van der Waals surface area (Å²) in [6.07, 6.45) is 5.31. The highest BCUT2D eigenvalue weighted by atomic mass is 16.5. The van der Waals surface area contributed by atoms with Crippen LogP contribution in [-0.4, -0.2) is 19.1 Å². The average Bonchev–Trinajstić information content (AvgIpc) is 2.30. The molecule has 3 nitrogen and oxygen atoms in total.